The number of methoxy groups -OCH3 is 1. The minimum absolute atomic E-state index is 0. The lowest BCUT2D eigenvalue weighted by molar-refractivity contribution is 0.302. The average molecular weight is 422 g/mol. The fourth-order valence-electron chi connectivity index (χ4n) is 2.75. The monoisotopic (exact) mass is 421 g/mol. The predicted molar refractivity (Wildman–Crippen MR) is 113 cm³/mol. The fraction of sp³-hybridized carbons (Fsp3) is 0.182. The average Bonchev–Trinajstić information content (AvgIpc) is 2.69. The highest BCUT2D eigenvalue weighted by Gasteiger charge is 2.07. The van der Waals surface area contributed by atoms with Crippen molar-refractivity contribution in [3.8, 4) is 11.5 Å². The molecule has 0 heterocycles. The summed E-state index contributed by atoms with van der Waals surface area (Å²) in [7, 11) is 1.66. The molecule has 0 aliphatic carbocycles. The summed E-state index contributed by atoms with van der Waals surface area (Å²) >= 11 is 6.15. The van der Waals surface area contributed by atoms with Gasteiger partial charge in [0.25, 0.3) is 0 Å². The van der Waals surface area contributed by atoms with Gasteiger partial charge in [0, 0.05) is 29.2 Å². The Kier molecular flexibility index (Phi) is 8.58. The zero-order valence-corrected chi connectivity index (χ0v) is 17.0. The van der Waals surface area contributed by atoms with Crippen LogP contribution in [0.25, 0.3) is 0 Å². The van der Waals surface area contributed by atoms with Crippen molar-refractivity contribution in [2.75, 3.05) is 7.11 Å². The van der Waals surface area contributed by atoms with Gasteiger partial charge in [-0.25, -0.2) is 4.39 Å². The zero-order chi connectivity index (χ0) is 19.1. The summed E-state index contributed by atoms with van der Waals surface area (Å²) in [4.78, 5) is 0. The molecule has 0 bridgehead atoms. The van der Waals surface area contributed by atoms with Crippen LogP contribution in [0.15, 0.2) is 66.7 Å². The molecule has 1 N–H and O–H groups in total. The third-order valence-electron chi connectivity index (χ3n) is 4.15. The Labute approximate surface area is 175 Å². The van der Waals surface area contributed by atoms with Crippen LogP contribution in [0.2, 0.25) is 5.02 Å². The highest BCUT2D eigenvalue weighted by atomic mass is 35.5. The van der Waals surface area contributed by atoms with Crippen LogP contribution >= 0.6 is 24.0 Å². The molecule has 0 atom stereocenters. The van der Waals surface area contributed by atoms with E-state index in [0.717, 1.165) is 28.2 Å². The van der Waals surface area contributed by atoms with E-state index in [1.165, 1.54) is 12.1 Å². The molecule has 148 valence electrons. The largest absolute Gasteiger partial charge is 0.496 e. The molecule has 3 aromatic carbocycles. The summed E-state index contributed by atoms with van der Waals surface area (Å²) in [5, 5.41) is 4.05. The van der Waals surface area contributed by atoms with E-state index in [1.807, 2.05) is 36.4 Å². The van der Waals surface area contributed by atoms with Crippen molar-refractivity contribution in [3.63, 3.8) is 0 Å². The number of hydrogen-bond donors (Lipinski definition) is 1. The number of halogens is 3. The molecule has 3 rings (SSSR count). The summed E-state index contributed by atoms with van der Waals surface area (Å²) in [6.45, 7) is 1.62. The summed E-state index contributed by atoms with van der Waals surface area (Å²) in [5.41, 5.74) is 2.94. The van der Waals surface area contributed by atoms with Gasteiger partial charge < -0.3 is 14.8 Å². The number of rotatable bonds is 8. The van der Waals surface area contributed by atoms with E-state index in [-0.39, 0.29) is 18.2 Å². The number of nitrogens with one attached hydrogen (secondary N) is 1. The highest BCUT2D eigenvalue weighted by Crippen LogP contribution is 2.24. The van der Waals surface area contributed by atoms with Gasteiger partial charge in [0.05, 0.1) is 7.11 Å². The lowest BCUT2D eigenvalue weighted by Gasteiger charge is -2.14. The Hall–Kier alpha value is -2.27. The number of para-hydroxylation sites is 1. The van der Waals surface area contributed by atoms with Gasteiger partial charge in [-0.2, -0.15) is 0 Å². The topological polar surface area (TPSA) is 30.5 Å². The molecule has 3 nitrogen and oxygen atoms in total. The zero-order valence-electron chi connectivity index (χ0n) is 15.5. The van der Waals surface area contributed by atoms with E-state index in [0.29, 0.717) is 24.7 Å². The van der Waals surface area contributed by atoms with Crippen LogP contribution in [0.5, 0.6) is 11.5 Å². The number of ether oxygens (including phenoxy) is 2. The van der Waals surface area contributed by atoms with Crippen LogP contribution in [0.4, 0.5) is 4.39 Å². The molecule has 0 amide bonds. The van der Waals surface area contributed by atoms with Gasteiger partial charge in [-0.1, -0.05) is 41.9 Å². The maximum absolute atomic E-state index is 13.0. The van der Waals surface area contributed by atoms with Gasteiger partial charge >= 0.3 is 0 Å². The Morgan fingerprint density at radius 1 is 0.893 bits per heavy atom. The van der Waals surface area contributed by atoms with Gasteiger partial charge in [0.1, 0.15) is 23.9 Å². The third-order valence-corrected chi connectivity index (χ3v) is 4.39. The third kappa shape index (κ3) is 6.13. The Balaban J connectivity index is 0.00000280. The van der Waals surface area contributed by atoms with Gasteiger partial charge in [-0.15, -0.1) is 12.4 Å². The molecule has 3 aromatic rings. The van der Waals surface area contributed by atoms with Crippen LogP contribution in [-0.2, 0) is 19.7 Å². The number of hydrogen-bond acceptors (Lipinski definition) is 3. The maximum atomic E-state index is 13.0. The first-order valence-electron chi connectivity index (χ1n) is 8.64. The van der Waals surface area contributed by atoms with Gasteiger partial charge in [-0.3, -0.25) is 0 Å². The van der Waals surface area contributed by atoms with Crippen molar-refractivity contribution in [1.82, 2.24) is 5.32 Å². The van der Waals surface area contributed by atoms with Crippen molar-refractivity contribution < 1.29 is 13.9 Å². The van der Waals surface area contributed by atoms with Crippen molar-refractivity contribution in [2.24, 2.45) is 0 Å². The first-order valence-corrected chi connectivity index (χ1v) is 9.02. The van der Waals surface area contributed by atoms with Crippen LogP contribution in [0.3, 0.4) is 0 Å². The second-order valence-electron chi connectivity index (χ2n) is 6.08. The van der Waals surface area contributed by atoms with E-state index in [1.54, 1.807) is 25.3 Å². The predicted octanol–water partition coefficient (Wildman–Crippen LogP) is 5.78. The highest BCUT2D eigenvalue weighted by molar-refractivity contribution is 6.30. The van der Waals surface area contributed by atoms with Gasteiger partial charge in [0.15, 0.2) is 0 Å². The first kappa shape index (κ1) is 22.0. The van der Waals surface area contributed by atoms with Crippen molar-refractivity contribution in [1.29, 1.82) is 0 Å². The molecular weight excluding hydrogens is 400 g/mol. The normalized spacial score (nSPS) is 10.2. The molecule has 0 aromatic heterocycles. The second kappa shape index (κ2) is 10.9. The van der Waals surface area contributed by atoms with E-state index in [2.05, 4.69) is 5.32 Å². The standard InChI is InChI=1S/C22H21ClFNO2.ClH/c1-26-21-5-3-2-4-17(21)13-25-14-18-12-19(23)8-11-22(18)27-15-16-6-9-20(24)10-7-16;/h2-12,25H,13-15H2,1H3;1H. The van der Waals surface area contributed by atoms with Crippen molar-refractivity contribution >= 4 is 24.0 Å². The minimum Gasteiger partial charge on any atom is -0.496 e. The minimum atomic E-state index is -0.258. The van der Waals surface area contributed by atoms with Crippen LogP contribution in [-0.4, -0.2) is 7.11 Å². The maximum Gasteiger partial charge on any atom is 0.124 e. The quantitative estimate of drug-likeness (QED) is 0.499. The molecular formula is C22H22Cl2FNO2. The van der Waals surface area contributed by atoms with Crippen LogP contribution in [0, 0.1) is 5.82 Å². The van der Waals surface area contributed by atoms with E-state index in [4.69, 9.17) is 21.1 Å². The molecule has 0 saturated carbocycles. The molecule has 28 heavy (non-hydrogen) atoms. The Morgan fingerprint density at radius 3 is 2.36 bits per heavy atom. The van der Waals surface area contributed by atoms with Gasteiger partial charge in [-0.05, 0) is 42.0 Å². The summed E-state index contributed by atoms with van der Waals surface area (Å²) in [6, 6.07) is 19.7. The lowest BCUT2D eigenvalue weighted by Crippen LogP contribution is -2.14. The molecule has 0 aliphatic heterocycles. The first-order chi connectivity index (χ1) is 13.2. The van der Waals surface area contributed by atoms with E-state index < -0.39 is 0 Å². The van der Waals surface area contributed by atoms with Crippen LogP contribution in [0.1, 0.15) is 16.7 Å². The second-order valence-corrected chi connectivity index (χ2v) is 6.52. The SMILES string of the molecule is COc1ccccc1CNCc1cc(Cl)ccc1OCc1ccc(F)cc1.Cl. The molecule has 0 fully saturated rings. The Bertz CT molecular complexity index is 888. The summed E-state index contributed by atoms with van der Waals surface area (Å²) < 4.78 is 24.3. The smallest absolute Gasteiger partial charge is 0.124 e. The van der Waals surface area contributed by atoms with Crippen molar-refractivity contribution in [2.45, 2.75) is 19.7 Å². The van der Waals surface area contributed by atoms with Crippen molar-refractivity contribution in [3.05, 3.63) is 94.3 Å². The summed E-state index contributed by atoms with van der Waals surface area (Å²) in [6.07, 6.45) is 0. The number of benzene rings is 3. The molecule has 0 radical (unpaired) electrons. The Morgan fingerprint density at radius 2 is 1.61 bits per heavy atom. The molecule has 0 unspecified atom stereocenters. The van der Waals surface area contributed by atoms with E-state index >= 15 is 0 Å². The lowest BCUT2D eigenvalue weighted by atomic mass is 10.1. The molecule has 6 heteroatoms. The molecule has 0 saturated heterocycles. The van der Waals surface area contributed by atoms with Gasteiger partial charge in [0.2, 0.25) is 0 Å². The van der Waals surface area contributed by atoms with Crippen LogP contribution < -0.4 is 14.8 Å². The fourth-order valence-corrected chi connectivity index (χ4v) is 2.94. The van der Waals surface area contributed by atoms with E-state index in [9.17, 15) is 4.39 Å². The molecule has 0 aliphatic rings. The summed E-state index contributed by atoms with van der Waals surface area (Å²) in [5.74, 6) is 1.34. The molecule has 0 spiro atoms.